The first-order valence-electron chi connectivity index (χ1n) is 11.5. The van der Waals surface area contributed by atoms with Gasteiger partial charge in [-0.15, -0.1) is 0 Å². The number of Topliss-reactive ketones (excluding diaryl/α,β-unsaturated/α-hetero) is 1. The fourth-order valence-electron chi connectivity index (χ4n) is 4.65. The molecule has 35 heavy (non-hydrogen) atoms. The van der Waals surface area contributed by atoms with E-state index < -0.39 is 17.7 Å². The topological polar surface area (TPSA) is 79.7 Å². The Morgan fingerprint density at radius 3 is 2.17 bits per heavy atom. The highest BCUT2D eigenvalue weighted by Gasteiger charge is 2.47. The van der Waals surface area contributed by atoms with Gasteiger partial charge in [-0.25, -0.2) is 0 Å². The van der Waals surface area contributed by atoms with Crippen LogP contribution in [0.5, 0.6) is 5.75 Å². The lowest BCUT2D eigenvalue weighted by atomic mass is 9.84. The van der Waals surface area contributed by atoms with Gasteiger partial charge in [0.25, 0.3) is 11.7 Å². The number of carbonyl (C=O) groups excluding carboxylic acids is 2. The van der Waals surface area contributed by atoms with E-state index in [9.17, 15) is 14.7 Å². The minimum Gasteiger partial charge on any atom is -0.507 e. The van der Waals surface area contributed by atoms with Gasteiger partial charge in [0.2, 0.25) is 0 Å². The number of nitrogens with zero attached hydrogens (tertiary/aromatic N) is 2. The van der Waals surface area contributed by atoms with Crippen LogP contribution in [0.2, 0.25) is 0 Å². The molecule has 0 bridgehead atoms. The van der Waals surface area contributed by atoms with Gasteiger partial charge in [0.15, 0.2) is 0 Å². The van der Waals surface area contributed by atoms with Gasteiger partial charge in [-0.05, 0) is 78.4 Å². The van der Waals surface area contributed by atoms with Gasteiger partial charge < -0.3 is 9.84 Å². The van der Waals surface area contributed by atoms with E-state index in [-0.39, 0.29) is 16.7 Å². The zero-order chi connectivity index (χ0) is 25.5. The van der Waals surface area contributed by atoms with Crippen molar-refractivity contribution in [2.24, 2.45) is 0 Å². The molecule has 0 aliphatic carbocycles. The van der Waals surface area contributed by atoms with Crippen molar-refractivity contribution in [1.82, 2.24) is 4.98 Å². The van der Waals surface area contributed by atoms with Gasteiger partial charge in [0.1, 0.15) is 11.5 Å². The number of aliphatic hydroxyl groups excluding tert-OH is 1. The van der Waals surface area contributed by atoms with Crippen molar-refractivity contribution in [3.05, 3.63) is 94.3 Å². The molecule has 1 saturated heterocycles. The molecule has 4 rings (SSSR count). The lowest BCUT2D eigenvalue weighted by Crippen LogP contribution is -2.29. The number of aromatic nitrogens is 1. The molecule has 1 N–H and O–H groups in total. The number of methoxy groups -OCH3 is 1. The van der Waals surface area contributed by atoms with Crippen LogP contribution in [-0.4, -0.2) is 28.9 Å². The predicted molar refractivity (Wildman–Crippen MR) is 137 cm³/mol. The zero-order valence-electron chi connectivity index (χ0n) is 20.9. The second kappa shape index (κ2) is 9.02. The van der Waals surface area contributed by atoms with Gasteiger partial charge in [-0.2, -0.15) is 0 Å². The Morgan fingerprint density at radius 1 is 0.971 bits per heavy atom. The van der Waals surface area contributed by atoms with Crippen molar-refractivity contribution < 1.29 is 19.4 Å². The molecule has 1 atom stereocenters. The molecule has 2 heterocycles. The molecule has 1 aromatic heterocycles. The van der Waals surface area contributed by atoms with E-state index in [2.05, 4.69) is 4.98 Å². The van der Waals surface area contributed by atoms with E-state index in [0.29, 0.717) is 22.6 Å². The number of carbonyl (C=O) groups is 2. The number of aliphatic hydroxyl groups is 1. The van der Waals surface area contributed by atoms with Gasteiger partial charge >= 0.3 is 0 Å². The number of benzene rings is 2. The summed E-state index contributed by atoms with van der Waals surface area (Å²) >= 11 is 0. The molecule has 180 valence electrons. The number of hydrogen-bond donors (Lipinski definition) is 1. The number of ketones is 1. The number of pyridine rings is 1. The maximum absolute atomic E-state index is 13.4. The summed E-state index contributed by atoms with van der Waals surface area (Å²) < 4.78 is 5.52. The summed E-state index contributed by atoms with van der Waals surface area (Å²) in [6.45, 7) is 10.0. The van der Waals surface area contributed by atoms with Crippen molar-refractivity contribution in [3.8, 4) is 5.75 Å². The Balaban J connectivity index is 1.97. The maximum atomic E-state index is 13.4. The molecular formula is C29H30N2O4. The number of anilines is 1. The fourth-order valence-corrected chi connectivity index (χ4v) is 4.65. The zero-order valence-corrected chi connectivity index (χ0v) is 20.9. The van der Waals surface area contributed by atoms with Crippen molar-refractivity contribution in [1.29, 1.82) is 0 Å². The average molecular weight is 471 g/mol. The Kier molecular flexibility index (Phi) is 6.24. The third kappa shape index (κ3) is 4.44. The minimum atomic E-state index is -0.792. The van der Waals surface area contributed by atoms with Gasteiger partial charge in [0, 0.05) is 29.2 Å². The number of hydrogen-bond acceptors (Lipinski definition) is 5. The molecule has 1 unspecified atom stereocenters. The van der Waals surface area contributed by atoms with E-state index >= 15 is 0 Å². The molecule has 1 aliphatic heterocycles. The van der Waals surface area contributed by atoms with Crippen LogP contribution < -0.4 is 9.64 Å². The first kappa shape index (κ1) is 24.2. The third-order valence-corrected chi connectivity index (χ3v) is 6.23. The highest BCUT2D eigenvalue weighted by molar-refractivity contribution is 6.51. The minimum absolute atomic E-state index is 0.0467. The third-order valence-electron chi connectivity index (χ3n) is 6.23. The average Bonchev–Trinajstić information content (AvgIpc) is 3.08. The smallest absolute Gasteiger partial charge is 0.300 e. The van der Waals surface area contributed by atoms with Crippen LogP contribution >= 0.6 is 0 Å². The number of ether oxygens (including phenoxy) is 1. The second-order valence-electron chi connectivity index (χ2n) is 9.96. The highest BCUT2D eigenvalue weighted by atomic mass is 16.5. The molecule has 1 fully saturated rings. The molecule has 3 aromatic rings. The fraction of sp³-hybridized carbons (Fsp3) is 0.276. The SMILES string of the molecule is COc1ccc(/C(O)=C2/C(=O)C(=O)N(c3cc(C)cc(C)c3)C2c2ccncc2)cc1C(C)(C)C. The summed E-state index contributed by atoms with van der Waals surface area (Å²) in [5.74, 6) is -0.930. The Labute approximate surface area is 205 Å². The molecule has 2 aromatic carbocycles. The van der Waals surface area contributed by atoms with E-state index in [4.69, 9.17) is 4.74 Å². The van der Waals surface area contributed by atoms with Crippen molar-refractivity contribution in [2.45, 2.75) is 46.1 Å². The second-order valence-corrected chi connectivity index (χ2v) is 9.96. The van der Waals surface area contributed by atoms with E-state index in [1.54, 1.807) is 43.8 Å². The quantitative estimate of drug-likeness (QED) is 0.304. The standard InChI is InChI=1S/C29H30N2O4/c1-17-13-18(2)15-21(14-17)31-25(19-9-11-30-12-10-19)24(27(33)28(31)34)26(32)20-7-8-23(35-6)22(16-20)29(3,4)5/h7-16,25,32H,1-6H3/b26-24-. The van der Waals surface area contributed by atoms with Gasteiger partial charge in [-0.1, -0.05) is 26.8 Å². The molecule has 1 aliphatic rings. The highest BCUT2D eigenvalue weighted by Crippen LogP contribution is 2.43. The molecule has 0 radical (unpaired) electrons. The summed E-state index contributed by atoms with van der Waals surface area (Å²) in [6, 6.07) is 13.8. The van der Waals surface area contributed by atoms with Crippen LogP contribution in [0, 0.1) is 13.8 Å². The first-order chi connectivity index (χ1) is 16.5. The Hall–Kier alpha value is -3.93. The molecule has 1 amide bonds. The number of rotatable bonds is 4. The normalized spacial score (nSPS) is 17.7. The van der Waals surface area contributed by atoms with Gasteiger partial charge in [-0.3, -0.25) is 19.5 Å². The van der Waals surface area contributed by atoms with Crippen LogP contribution in [0.25, 0.3) is 5.76 Å². The van der Waals surface area contributed by atoms with E-state index in [1.165, 1.54) is 4.90 Å². The molecule has 0 saturated carbocycles. The van der Waals surface area contributed by atoms with Crippen LogP contribution in [0.1, 0.15) is 54.6 Å². The van der Waals surface area contributed by atoms with Crippen LogP contribution in [0.15, 0.2) is 66.5 Å². The number of aryl methyl sites for hydroxylation is 2. The predicted octanol–water partition coefficient (Wildman–Crippen LogP) is 5.63. The molecule has 6 nitrogen and oxygen atoms in total. The van der Waals surface area contributed by atoms with Crippen molar-refractivity contribution in [2.75, 3.05) is 12.0 Å². The van der Waals surface area contributed by atoms with Gasteiger partial charge in [0.05, 0.1) is 18.7 Å². The summed E-state index contributed by atoms with van der Waals surface area (Å²) in [4.78, 5) is 32.3. The largest absolute Gasteiger partial charge is 0.507 e. The Morgan fingerprint density at radius 2 is 1.60 bits per heavy atom. The summed E-state index contributed by atoms with van der Waals surface area (Å²) in [6.07, 6.45) is 3.23. The Bertz CT molecular complexity index is 1320. The van der Waals surface area contributed by atoms with E-state index in [0.717, 1.165) is 16.7 Å². The molecule has 6 heteroatoms. The summed E-state index contributed by atoms with van der Waals surface area (Å²) in [7, 11) is 1.60. The molecular weight excluding hydrogens is 440 g/mol. The van der Waals surface area contributed by atoms with Crippen molar-refractivity contribution in [3.63, 3.8) is 0 Å². The lowest BCUT2D eigenvalue weighted by Gasteiger charge is -2.26. The lowest BCUT2D eigenvalue weighted by molar-refractivity contribution is -0.132. The molecule has 0 spiro atoms. The monoisotopic (exact) mass is 470 g/mol. The first-order valence-corrected chi connectivity index (χ1v) is 11.5. The van der Waals surface area contributed by atoms with Crippen LogP contribution in [0.3, 0.4) is 0 Å². The summed E-state index contributed by atoms with van der Waals surface area (Å²) in [5.41, 5.74) is 4.35. The summed E-state index contributed by atoms with van der Waals surface area (Å²) in [5, 5.41) is 11.5. The van der Waals surface area contributed by atoms with Crippen LogP contribution in [-0.2, 0) is 15.0 Å². The van der Waals surface area contributed by atoms with Crippen LogP contribution in [0.4, 0.5) is 5.69 Å². The van der Waals surface area contributed by atoms with E-state index in [1.807, 2.05) is 58.9 Å². The van der Waals surface area contributed by atoms with Crippen molar-refractivity contribution >= 4 is 23.1 Å². The number of amides is 1. The maximum Gasteiger partial charge on any atom is 0.300 e.